The second-order valence-corrected chi connectivity index (χ2v) is 12.0. The lowest BCUT2D eigenvalue weighted by molar-refractivity contribution is 0.0702. The van der Waals surface area contributed by atoms with Crippen molar-refractivity contribution >= 4 is 52.1 Å². The smallest absolute Gasteiger partial charge is 0.348 e. The van der Waals surface area contributed by atoms with E-state index in [2.05, 4.69) is 11.8 Å². The van der Waals surface area contributed by atoms with Crippen molar-refractivity contribution in [3.63, 3.8) is 0 Å². The standard InChI is InChI=1S/C27H29Cl2F2NO3S/c1-27(2,3)12-11-19-15-22(24(36-19)26(34)35)32(25(33)20-10-8-17(28)14-21(20)29)18-6-4-5-16(7-9-18)13-23(30)31/h8,10,14-16,18,23H,4-7,9,13H2,1-3H3,(H,34,35). The van der Waals surface area contributed by atoms with Crippen LogP contribution in [-0.2, 0) is 0 Å². The van der Waals surface area contributed by atoms with Crippen LogP contribution in [0, 0.1) is 23.2 Å². The van der Waals surface area contributed by atoms with Gasteiger partial charge in [0.25, 0.3) is 5.91 Å². The van der Waals surface area contributed by atoms with Crippen molar-refractivity contribution in [2.45, 2.75) is 71.8 Å². The third-order valence-electron chi connectivity index (χ3n) is 6.04. The minimum Gasteiger partial charge on any atom is -0.477 e. The predicted octanol–water partition coefficient (Wildman–Crippen LogP) is 8.40. The van der Waals surface area contributed by atoms with E-state index in [-0.39, 0.29) is 44.9 Å². The van der Waals surface area contributed by atoms with Gasteiger partial charge in [0.15, 0.2) is 0 Å². The summed E-state index contributed by atoms with van der Waals surface area (Å²) < 4.78 is 26.1. The zero-order valence-corrected chi connectivity index (χ0v) is 22.7. The predicted molar refractivity (Wildman–Crippen MR) is 142 cm³/mol. The number of anilines is 1. The minimum atomic E-state index is -2.38. The molecule has 1 fully saturated rings. The molecule has 1 saturated carbocycles. The molecule has 2 atom stereocenters. The van der Waals surface area contributed by atoms with Crippen LogP contribution in [0.5, 0.6) is 0 Å². The molecule has 36 heavy (non-hydrogen) atoms. The number of aromatic carboxylic acids is 1. The molecule has 3 rings (SSSR count). The van der Waals surface area contributed by atoms with Crippen LogP contribution < -0.4 is 4.90 Å². The highest BCUT2D eigenvalue weighted by molar-refractivity contribution is 7.15. The van der Waals surface area contributed by atoms with E-state index in [1.54, 1.807) is 12.1 Å². The molecule has 4 nitrogen and oxygen atoms in total. The lowest BCUT2D eigenvalue weighted by Gasteiger charge is -2.31. The summed E-state index contributed by atoms with van der Waals surface area (Å²) in [5.74, 6) is 4.38. The normalized spacial score (nSPS) is 18.3. The molecule has 1 aromatic carbocycles. The number of thiophene rings is 1. The van der Waals surface area contributed by atoms with Crippen molar-refractivity contribution in [1.29, 1.82) is 0 Å². The first-order valence-corrected chi connectivity index (χ1v) is 13.4. The number of nitrogens with zero attached hydrogens (tertiary/aromatic N) is 1. The van der Waals surface area contributed by atoms with Crippen LogP contribution in [0.4, 0.5) is 14.5 Å². The minimum absolute atomic E-state index is 0.0000208. The molecule has 1 aliphatic rings. The molecule has 1 aromatic heterocycles. The van der Waals surface area contributed by atoms with Crippen LogP contribution in [0.1, 0.15) is 84.2 Å². The Hall–Kier alpha value is -2.14. The number of alkyl halides is 2. The summed E-state index contributed by atoms with van der Waals surface area (Å²) in [7, 11) is 0. The van der Waals surface area contributed by atoms with E-state index in [0.29, 0.717) is 42.0 Å². The van der Waals surface area contributed by atoms with E-state index in [9.17, 15) is 23.5 Å². The molecule has 0 saturated heterocycles. The van der Waals surface area contributed by atoms with Crippen molar-refractivity contribution in [3.8, 4) is 11.8 Å². The van der Waals surface area contributed by atoms with Crippen LogP contribution in [0.2, 0.25) is 10.0 Å². The van der Waals surface area contributed by atoms with Crippen molar-refractivity contribution in [2.75, 3.05) is 4.90 Å². The number of rotatable bonds is 6. The quantitative estimate of drug-likeness (QED) is 0.287. The average molecular weight is 557 g/mol. The first kappa shape index (κ1) is 28.4. The van der Waals surface area contributed by atoms with Crippen LogP contribution in [0.25, 0.3) is 0 Å². The van der Waals surface area contributed by atoms with Gasteiger partial charge in [-0.2, -0.15) is 0 Å². The summed E-state index contributed by atoms with van der Waals surface area (Å²) in [5.41, 5.74) is 0.152. The monoisotopic (exact) mass is 555 g/mol. The van der Waals surface area contributed by atoms with E-state index >= 15 is 0 Å². The molecule has 1 amide bonds. The zero-order chi connectivity index (χ0) is 26.6. The number of hydrogen-bond acceptors (Lipinski definition) is 3. The fourth-order valence-electron chi connectivity index (χ4n) is 4.39. The van der Waals surface area contributed by atoms with E-state index < -0.39 is 18.3 Å². The summed E-state index contributed by atoms with van der Waals surface area (Å²) in [6.07, 6.45) is 0.314. The highest BCUT2D eigenvalue weighted by Crippen LogP contribution is 2.38. The Morgan fingerprint density at radius 3 is 2.50 bits per heavy atom. The van der Waals surface area contributed by atoms with E-state index in [1.165, 1.54) is 17.0 Å². The molecular formula is C27H29Cl2F2NO3S. The summed E-state index contributed by atoms with van der Waals surface area (Å²) >= 11 is 13.4. The van der Waals surface area contributed by atoms with Crippen LogP contribution >= 0.6 is 34.5 Å². The van der Waals surface area contributed by atoms with E-state index in [1.807, 2.05) is 20.8 Å². The fraction of sp³-hybridized carbons (Fsp3) is 0.481. The third kappa shape index (κ3) is 7.44. The summed E-state index contributed by atoms with van der Waals surface area (Å²) in [4.78, 5) is 28.2. The first-order chi connectivity index (χ1) is 16.9. The van der Waals surface area contributed by atoms with Gasteiger partial charge in [0.1, 0.15) is 4.88 Å². The largest absolute Gasteiger partial charge is 0.477 e. The Morgan fingerprint density at radius 1 is 1.17 bits per heavy atom. The Bertz CT molecular complexity index is 1180. The second-order valence-electron chi connectivity index (χ2n) is 10.1. The zero-order valence-electron chi connectivity index (χ0n) is 20.4. The number of benzene rings is 1. The van der Waals surface area contributed by atoms with E-state index in [4.69, 9.17) is 23.2 Å². The lowest BCUT2D eigenvalue weighted by Crippen LogP contribution is -2.41. The van der Waals surface area contributed by atoms with Gasteiger partial charge < -0.3 is 10.0 Å². The van der Waals surface area contributed by atoms with Crippen molar-refractivity contribution in [3.05, 3.63) is 49.6 Å². The van der Waals surface area contributed by atoms with Gasteiger partial charge in [0, 0.05) is 22.9 Å². The molecule has 1 aliphatic carbocycles. The Morgan fingerprint density at radius 2 is 1.89 bits per heavy atom. The number of amides is 1. The Kier molecular flexibility index (Phi) is 9.43. The number of carboxylic acid groups (broad SMARTS) is 1. The van der Waals surface area contributed by atoms with Crippen molar-refractivity contribution in [1.82, 2.24) is 0 Å². The third-order valence-corrected chi connectivity index (χ3v) is 7.62. The topological polar surface area (TPSA) is 57.6 Å². The SMILES string of the molecule is CC(C)(C)C#Cc1cc(N(C(=O)c2ccc(Cl)cc2Cl)C2CCCC(CC(F)F)CC2)c(C(=O)O)s1. The van der Waals surface area contributed by atoms with Crippen molar-refractivity contribution in [2.24, 2.45) is 11.3 Å². The molecule has 9 heteroatoms. The number of carbonyl (C=O) groups excluding carboxylic acids is 1. The van der Waals surface area contributed by atoms with Gasteiger partial charge in [0.05, 0.1) is 21.2 Å². The van der Waals surface area contributed by atoms with Gasteiger partial charge >= 0.3 is 5.97 Å². The Labute approximate surface area is 224 Å². The molecule has 0 radical (unpaired) electrons. The van der Waals surface area contributed by atoms with Crippen LogP contribution in [0.15, 0.2) is 24.3 Å². The maximum atomic E-state index is 13.9. The highest BCUT2D eigenvalue weighted by Gasteiger charge is 2.34. The highest BCUT2D eigenvalue weighted by atomic mass is 35.5. The van der Waals surface area contributed by atoms with Gasteiger partial charge in [-0.3, -0.25) is 4.79 Å². The first-order valence-electron chi connectivity index (χ1n) is 11.8. The molecule has 194 valence electrons. The average Bonchev–Trinajstić information content (AvgIpc) is 3.06. The molecule has 2 aromatic rings. The molecule has 1 heterocycles. The number of carboxylic acids is 1. The van der Waals surface area contributed by atoms with Crippen LogP contribution in [-0.4, -0.2) is 29.5 Å². The fourth-order valence-corrected chi connectivity index (χ4v) is 5.72. The maximum Gasteiger partial charge on any atom is 0.348 e. The Balaban J connectivity index is 2.09. The molecule has 0 bridgehead atoms. The molecule has 0 spiro atoms. The summed E-state index contributed by atoms with van der Waals surface area (Å²) in [6.45, 7) is 5.85. The number of halogens is 4. The van der Waals surface area contributed by atoms with Gasteiger partial charge in [-0.05, 0) is 70.2 Å². The number of hydrogen-bond donors (Lipinski definition) is 1. The van der Waals surface area contributed by atoms with Gasteiger partial charge in [0.2, 0.25) is 6.43 Å². The lowest BCUT2D eigenvalue weighted by atomic mass is 9.96. The summed E-state index contributed by atoms with van der Waals surface area (Å²) in [6, 6.07) is 5.80. The molecule has 2 unspecified atom stereocenters. The van der Waals surface area contributed by atoms with Gasteiger partial charge in [-0.25, -0.2) is 13.6 Å². The second kappa shape index (κ2) is 11.9. The molecule has 1 N–H and O–H groups in total. The van der Waals surface area contributed by atoms with Crippen molar-refractivity contribution < 1.29 is 23.5 Å². The maximum absolute atomic E-state index is 13.9. The molecular weight excluding hydrogens is 527 g/mol. The number of carbonyl (C=O) groups is 2. The van der Waals surface area contributed by atoms with Gasteiger partial charge in [-0.15, -0.1) is 11.3 Å². The van der Waals surface area contributed by atoms with E-state index in [0.717, 1.165) is 11.3 Å². The van der Waals surface area contributed by atoms with Crippen LogP contribution in [0.3, 0.4) is 0 Å². The summed E-state index contributed by atoms with van der Waals surface area (Å²) in [5, 5.41) is 10.5. The van der Waals surface area contributed by atoms with Gasteiger partial charge in [-0.1, -0.05) is 47.9 Å². The molecule has 0 aliphatic heterocycles.